The van der Waals surface area contributed by atoms with E-state index in [9.17, 15) is 9.18 Å². The predicted octanol–water partition coefficient (Wildman–Crippen LogP) is 1.64. The summed E-state index contributed by atoms with van der Waals surface area (Å²) in [7, 11) is 1.41. The topological polar surface area (TPSA) is 78.5 Å². The fourth-order valence-electron chi connectivity index (χ4n) is 3.49. The molecule has 1 aromatic heterocycles. The van der Waals surface area contributed by atoms with E-state index in [0.29, 0.717) is 30.4 Å². The zero-order valence-corrected chi connectivity index (χ0v) is 15.0. The van der Waals surface area contributed by atoms with Crippen LogP contribution in [-0.2, 0) is 4.79 Å². The van der Waals surface area contributed by atoms with Crippen LogP contribution in [0.3, 0.4) is 0 Å². The summed E-state index contributed by atoms with van der Waals surface area (Å²) in [5.74, 6) is 0.727. The first-order valence-electron chi connectivity index (χ1n) is 8.99. The van der Waals surface area contributed by atoms with Gasteiger partial charge in [0.05, 0.1) is 7.11 Å². The van der Waals surface area contributed by atoms with Crippen LogP contribution in [0.2, 0.25) is 0 Å². The van der Waals surface area contributed by atoms with Gasteiger partial charge in [-0.1, -0.05) is 6.07 Å². The lowest BCUT2D eigenvalue weighted by Gasteiger charge is -2.18. The fourth-order valence-corrected chi connectivity index (χ4v) is 3.49. The van der Waals surface area contributed by atoms with E-state index in [-0.39, 0.29) is 17.7 Å². The van der Waals surface area contributed by atoms with E-state index in [2.05, 4.69) is 21.2 Å². The second-order valence-corrected chi connectivity index (χ2v) is 6.73. The lowest BCUT2D eigenvalue weighted by molar-refractivity contribution is -0.117. The summed E-state index contributed by atoms with van der Waals surface area (Å²) in [6.45, 7) is 2.33. The van der Waals surface area contributed by atoms with Gasteiger partial charge in [0.15, 0.2) is 11.6 Å². The largest absolute Gasteiger partial charge is 0.494 e. The molecule has 0 saturated carbocycles. The molecule has 0 radical (unpaired) electrons. The van der Waals surface area contributed by atoms with Gasteiger partial charge in [-0.3, -0.25) is 20.5 Å². The van der Waals surface area contributed by atoms with E-state index in [4.69, 9.17) is 4.74 Å². The summed E-state index contributed by atoms with van der Waals surface area (Å²) in [6, 6.07) is 8.04. The molecule has 7 nitrogen and oxygen atoms in total. The zero-order valence-electron chi connectivity index (χ0n) is 15.0. The number of nitrogens with zero attached hydrogens (tertiary/aromatic N) is 2. The van der Waals surface area contributed by atoms with Crippen LogP contribution in [0.4, 0.5) is 15.9 Å². The van der Waals surface area contributed by atoms with Crippen LogP contribution >= 0.6 is 0 Å². The summed E-state index contributed by atoms with van der Waals surface area (Å²) in [6.07, 6.45) is 2.49. The van der Waals surface area contributed by atoms with Gasteiger partial charge in [-0.05, 0) is 30.2 Å². The Bertz CT molecular complexity index is 823. The number of methoxy groups -OCH3 is 1. The molecule has 2 fully saturated rings. The number of pyridine rings is 1. The number of hydrogen-bond donors (Lipinski definition) is 3. The van der Waals surface area contributed by atoms with Crippen molar-refractivity contribution in [2.75, 3.05) is 37.0 Å². The Morgan fingerprint density at radius 3 is 2.78 bits per heavy atom. The second-order valence-electron chi connectivity index (χ2n) is 6.73. The number of hydrogen-bond acceptors (Lipinski definition) is 6. The highest BCUT2D eigenvalue weighted by atomic mass is 19.1. The Kier molecular flexibility index (Phi) is 4.91. The van der Waals surface area contributed by atoms with Gasteiger partial charge in [0, 0.05) is 43.5 Å². The number of ether oxygens (including phenoxy) is 1. The van der Waals surface area contributed by atoms with Crippen LogP contribution < -0.4 is 25.8 Å². The Hall–Kier alpha value is -2.71. The van der Waals surface area contributed by atoms with Gasteiger partial charge in [0.25, 0.3) is 5.91 Å². The lowest BCUT2D eigenvalue weighted by atomic mass is 10.0. The standard InChI is InChI=1S/C19H22FN5O2/c1-27-17-8-14(3-4-15(17)20)24-16-6-7-25(19(16)26)18-5-2-12(9-21-18)13-10-22-23-11-13/h2-5,8-9,13,16,22-24H,6-7,10-11H2,1H3. The number of halogens is 1. The van der Waals surface area contributed by atoms with Crippen LogP contribution in [0.1, 0.15) is 17.9 Å². The molecule has 2 aliphatic rings. The third-order valence-electron chi connectivity index (χ3n) is 5.04. The van der Waals surface area contributed by atoms with Crippen molar-refractivity contribution in [1.29, 1.82) is 0 Å². The van der Waals surface area contributed by atoms with E-state index in [0.717, 1.165) is 18.7 Å². The van der Waals surface area contributed by atoms with Gasteiger partial charge >= 0.3 is 0 Å². The number of amides is 1. The van der Waals surface area contributed by atoms with Crippen molar-refractivity contribution < 1.29 is 13.9 Å². The maximum Gasteiger partial charge on any atom is 0.250 e. The van der Waals surface area contributed by atoms with E-state index >= 15 is 0 Å². The molecule has 1 unspecified atom stereocenters. The SMILES string of the molecule is COc1cc(NC2CCN(c3ccc(C4CNNC4)cn3)C2=O)ccc1F. The molecular formula is C19H22FN5O2. The third kappa shape index (κ3) is 3.58. The number of aromatic nitrogens is 1. The molecule has 0 bridgehead atoms. The van der Waals surface area contributed by atoms with Crippen LogP contribution in [0.15, 0.2) is 36.5 Å². The minimum atomic E-state index is -0.431. The minimum absolute atomic E-state index is 0.0391. The van der Waals surface area contributed by atoms with Crippen molar-refractivity contribution in [3.05, 3.63) is 47.9 Å². The first-order chi connectivity index (χ1) is 13.2. The predicted molar refractivity (Wildman–Crippen MR) is 100 cm³/mol. The smallest absolute Gasteiger partial charge is 0.250 e. The van der Waals surface area contributed by atoms with Gasteiger partial charge in [0.1, 0.15) is 11.9 Å². The molecule has 0 spiro atoms. The molecule has 27 heavy (non-hydrogen) atoms. The van der Waals surface area contributed by atoms with Gasteiger partial charge in [-0.25, -0.2) is 9.37 Å². The van der Waals surface area contributed by atoms with Crippen molar-refractivity contribution in [2.24, 2.45) is 0 Å². The summed E-state index contributed by atoms with van der Waals surface area (Å²) < 4.78 is 18.5. The van der Waals surface area contributed by atoms with Crippen LogP contribution in [-0.4, -0.2) is 43.7 Å². The average Bonchev–Trinajstić information content (AvgIpc) is 3.34. The van der Waals surface area contributed by atoms with Gasteiger partial charge in [-0.2, -0.15) is 0 Å². The molecule has 1 amide bonds. The van der Waals surface area contributed by atoms with Crippen molar-refractivity contribution in [2.45, 2.75) is 18.4 Å². The Balaban J connectivity index is 1.43. The van der Waals surface area contributed by atoms with Crippen molar-refractivity contribution in [3.8, 4) is 5.75 Å². The molecule has 2 aromatic rings. The number of hydrazine groups is 1. The first-order valence-corrected chi connectivity index (χ1v) is 8.99. The summed E-state index contributed by atoms with van der Waals surface area (Å²) in [4.78, 5) is 18.9. The van der Waals surface area contributed by atoms with Gasteiger partial charge < -0.3 is 10.1 Å². The van der Waals surface area contributed by atoms with Crippen molar-refractivity contribution >= 4 is 17.4 Å². The second kappa shape index (κ2) is 7.50. The number of anilines is 2. The monoisotopic (exact) mass is 371 g/mol. The summed E-state index contributed by atoms with van der Waals surface area (Å²) in [5, 5.41) is 3.17. The molecule has 2 aliphatic heterocycles. The number of nitrogens with one attached hydrogen (secondary N) is 3. The number of benzene rings is 1. The minimum Gasteiger partial charge on any atom is -0.494 e. The van der Waals surface area contributed by atoms with Gasteiger partial charge in [-0.15, -0.1) is 0 Å². The fraction of sp³-hybridized carbons (Fsp3) is 0.368. The Labute approximate surface area is 156 Å². The normalized spacial score (nSPS) is 20.3. The highest BCUT2D eigenvalue weighted by molar-refractivity contribution is 6.00. The molecule has 3 N–H and O–H groups in total. The van der Waals surface area contributed by atoms with E-state index in [1.165, 1.54) is 13.2 Å². The highest BCUT2D eigenvalue weighted by Crippen LogP contribution is 2.26. The molecule has 0 aliphatic carbocycles. The van der Waals surface area contributed by atoms with E-state index < -0.39 is 5.82 Å². The molecule has 142 valence electrons. The highest BCUT2D eigenvalue weighted by Gasteiger charge is 2.33. The zero-order chi connectivity index (χ0) is 18.8. The van der Waals surface area contributed by atoms with Crippen molar-refractivity contribution in [1.82, 2.24) is 15.8 Å². The molecule has 3 heterocycles. The molecule has 2 saturated heterocycles. The van der Waals surface area contributed by atoms with Crippen LogP contribution in [0.5, 0.6) is 5.75 Å². The van der Waals surface area contributed by atoms with Gasteiger partial charge in [0.2, 0.25) is 0 Å². The van der Waals surface area contributed by atoms with Crippen LogP contribution in [0, 0.1) is 5.82 Å². The van der Waals surface area contributed by atoms with E-state index in [1.54, 1.807) is 17.0 Å². The average molecular weight is 371 g/mol. The third-order valence-corrected chi connectivity index (χ3v) is 5.04. The summed E-state index contributed by atoms with van der Waals surface area (Å²) in [5.41, 5.74) is 8.01. The van der Waals surface area contributed by atoms with E-state index in [1.807, 2.05) is 18.3 Å². The Morgan fingerprint density at radius 2 is 2.07 bits per heavy atom. The molecular weight excluding hydrogens is 349 g/mol. The molecule has 1 atom stereocenters. The number of carbonyl (C=O) groups is 1. The number of rotatable bonds is 5. The maximum absolute atomic E-state index is 13.5. The maximum atomic E-state index is 13.5. The summed E-state index contributed by atoms with van der Waals surface area (Å²) >= 11 is 0. The molecule has 1 aromatic carbocycles. The Morgan fingerprint density at radius 1 is 1.26 bits per heavy atom. The molecule has 8 heteroatoms. The lowest BCUT2D eigenvalue weighted by Crippen LogP contribution is -2.33. The number of carbonyl (C=O) groups excluding carboxylic acids is 1. The van der Waals surface area contributed by atoms with Crippen LogP contribution in [0.25, 0.3) is 0 Å². The first kappa shape index (κ1) is 17.7. The quantitative estimate of drug-likeness (QED) is 0.742. The van der Waals surface area contributed by atoms with Crippen molar-refractivity contribution in [3.63, 3.8) is 0 Å². The molecule has 4 rings (SSSR count).